The van der Waals surface area contributed by atoms with Crippen molar-refractivity contribution in [2.75, 3.05) is 38.8 Å². The van der Waals surface area contributed by atoms with Gasteiger partial charge in [0.25, 0.3) is 0 Å². The maximum Gasteiger partial charge on any atom is 0.245 e. The first-order valence-corrected chi connectivity index (χ1v) is 6.08. The lowest BCUT2D eigenvalue weighted by Crippen LogP contribution is -2.57. The molecule has 1 heterocycles. The van der Waals surface area contributed by atoms with Gasteiger partial charge in [0, 0.05) is 19.2 Å². The highest BCUT2D eigenvalue weighted by Crippen LogP contribution is 2.33. The average molecular weight is 266 g/mol. The van der Waals surface area contributed by atoms with Gasteiger partial charge in [-0.25, -0.2) is 0 Å². The minimum Gasteiger partial charge on any atom is -0.497 e. The lowest BCUT2D eigenvalue weighted by atomic mass is 10.1. The topological polar surface area (TPSA) is 71.0 Å². The van der Waals surface area contributed by atoms with Crippen LogP contribution >= 0.6 is 0 Å². The number of ether oxygens (including phenoxy) is 2. The van der Waals surface area contributed by atoms with E-state index in [0.29, 0.717) is 24.6 Å². The van der Waals surface area contributed by atoms with Crippen LogP contribution in [0.1, 0.15) is 0 Å². The van der Waals surface area contributed by atoms with Crippen molar-refractivity contribution in [1.82, 2.24) is 5.32 Å². The van der Waals surface area contributed by atoms with Crippen LogP contribution < -0.4 is 19.7 Å². The summed E-state index contributed by atoms with van der Waals surface area (Å²) in [5.41, 5.74) is 0.746. The molecule has 0 spiro atoms. The molecule has 1 aromatic rings. The highest BCUT2D eigenvalue weighted by molar-refractivity contribution is 5.87. The van der Waals surface area contributed by atoms with E-state index in [4.69, 9.17) is 9.47 Å². The number of aliphatic hydroxyl groups excluding tert-OH is 1. The molecule has 0 saturated carbocycles. The number of carbonyl (C=O) groups is 1. The van der Waals surface area contributed by atoms with Gasteiger partial charge in [0.05, 0.1) is 26.5 Å². The first-order valence-electron chi connectivity index (χ1n) is 6.08. The number of benzene rings is 1. The van der Waals surface area contributed by atoms with Crippen molar-refractivity contribution in [2.45, 2.75) is 6.04 Å². The summed E-state index contributed by atoms with van der Waals surface area (Å²) < 4.78 is 10.5. The van der Waals surface area contributed by atoms with E-state index in [1.165, 1.54) is 0 Å². The molecule has 0 aliphatic carbocycles. The summed E-state index contributed by atoms with van der Waals surface area (Å²) in [6.45, 7) is 0.905. The summed E-state index contributed by atoms with van der Waals surface area (Å²) in [5.74, 6) is 1.14. The fourth-order valence-electron chi connectivity index (χ4n) is 2.21. The lowest BCUT2D eigenvalue weighted by molar-refractivity contribution is -0.124. The molecule has 2 N–H and O–H groups in total. The Bertz CT molecular complexity index is 464. The largest absolute Gasteiger partial charge is 0.497 e. The van der Waals surface area contributed by atoms with Gasteiger partial charge in [0.1, 0.15) is 17.5 Å². The van der Waals surface area contributed by atoms with E-state index in [9.17, 15) is 9.90 Å². The molecule has 0 aromatic heterocycles. The minimum absolute atomic E-state index is 0.182. The smallest absolute Gasteiger partial charge is 0.245 e. The molecule has 2 rings (SSSR count). The Balaban J connectivity index is 2.40. The first-order chi connectivity index (χ1) is 9.21. The summed E-state index contributed by atoms with van der Waals surface area (Å²) in [5, 5.41) is 12.1. The Labute approximate surface area is 111 Å². The fraction of sp³-hybridized carbons (Fsp3) is 0.462. The number of nitrogens with one attached hydrogen (secondary N) is 1. The molecule has 6 heteroatoms. The van der Waals surface area contributed by atoms with E-state index in [0.717, 1.165) is 5.69 Å². The van der Waals surface area contributed by atoms with Crippen LogP contribution in [-0.2, 0) is 4.79 Å². The molecule has 1 amide bonds. The molecule has 1 saturated heterocycles. The Kier molecular flexibility index (Phi) is 4.11. The zero-order chi connectivity index (χ0) is 13.8. The number of hydrogen-bond donors (Lipinski definition) is 2. The Morgan fingerprint density at radius 2 is 2.21 bits per heavy atom. The summed E-state index contributed by atoms with van der Waals surface area (Å²) in [6.07, 6.45) is 0. The molecular formula is C13H18N2O4. The van der Waals surface area contributed by atoms with E-state index in [2.05, 4.69) is 5.32 Å². The third-order valence-corrected chi connectivity index (χ3v) is 3.20. The summed E-state index contributed by atoms with van der Waals surface area (Å²) in [7, 11) is 3.15. The van der Waals surface area contributed by atoms with Gasteiger partial charge >= 0.3 is 0 Å². The van der Waals surface area contributed by atoms with Crippen LogP contribution in [0.4, 0.5) is 5.69 Å². The lowest BCUT2D eigenvalue weighted by Gasteiger charge is -2.36. The molecule has 104 valence electrons. The maximum absolute atomic E-state index is 11.8. The van der Waals surface area contributed by atoms with Crippen LogP contribution in [0.3, 0.4) is 0 Å². The zero-order valence-electron chi connectivity index (χ0n) is 11.0. The van der Waals surface area contributed by atoms with Gasteiger partial charge in [0.2, 0.25) is 5.91 Å². The molecule has 1 unspecified atom stereocenters. The molecule has 1 atom stereocenters. The molecule has 0 radical (unpaired) electrons. The van der Waals surface area contributed by atoms with Gasteiger partial charge in [-0.2, -0.15) is 0 Å². The van der Waals surface area contributed by atoms with Crippen LogP contribution in [0.25, 0.3) is 0 Å². The fourth-order valence-corrected chi connectivity index (χ4v) is 2.21. The molecule has 1 aromatic carbocycles. The van der Waals surface area contributed by atoms with E-state index >= 15 is 0 Å². The number of piperazine rings is 1. The number of hydrogen-bond acceptors (Lipinski definition) is 5. The molecular weight excluding hydrogens is 248 g/mol. The van der Waals surface area contributed by atoms with Gasteiger partial charge in [-0.05, 0) is 12.1 Å². The molecule has 6 nitrogen and oxygen atoms in total. The van der Waals surface area contributed by atoms with Crippen molar-refractivity contribution in [2.24, 2.45) is 0 Å². The highest BCUT2D eigenvalue weighted by Gasteiger charge is 2.30. The van der Waals surface area contributed by atoms with Crippen molar-refractivity contribution in [3.8, 4) is 11.5 Å². The van der Waals surface area contributed by atoms with Gasteiger partial charge in [-0.15, -0.1) is 0 Å². The standard InChI is InChI=1S/C13H18N2O4/c1-18-9-3-4-12(19-2)10(7-9)15-6-5-14-13(17)11(15)8-16/h3-4,7,11,16H,5-6,8H2,1-2H3,(H,14,17). The third kappa shape index (κ3) is 2.58. The van der Waals surface area contributed by atoms with Crippen LogP contribution in [0, 0.1) is 0 Å². The Morgan fingerprint density at radius 3 is 2.84 bits per heavy atom. The molecule has 19 heavy (non-hydrogen) atoms. The average Bonchev–Trinajstić information content (AvgIpc) is 2.46. The van der Waals surface area contributed by atoms with Crippen LogP contribution in [0.5, 0.6) is 11.5 Å². The van der Waals surface area contributed by atoms with Gasteiger partial charge in [-0.1, -0.05) is 0 Å². The number of anilines is 1. The number of nitrogens with zero attached hydrogens (tertiary/aromatic N) is 1. The molecule has 1 fully saturated rings. The van der Waals surface area contributed by atoms with Gasteiger partial charge in [-0.3, -0.25) is 4.79 Å². The van der Waals surface area contributed by atoms with Crippen molar-refractivity contribution in [3.05, 3.63) is 18.2 Å². The van der Waals surface area contributed by atoms with E-state index in [1.54, 1.807) is 32.4 Å². The van der Waals surface area contributed by atoms with E-state index < -0.39 is 6.04 Å². The first kappa shape index (κ1) is 13.5. The van der Waals surface area contributed by atoms with Crippen LogP contribution in [0.2, 0.25) is 0 Å². The predicted octanol–water partition coefficient (Wildman–Crippen LogP) is 0.000900. The van der Waals surface area contributed by atoms with Crippen molar-refractivity contribution in [1.29, 1.82) is 0 Å². The Morgan fingerprint density at radius 1 is 1.42 bits per heavy atom. The summed E-state index contributed by atoms with van der Waals surface area (Å²) in [6, 6.07) is 4.78. The van der Waals surface area contributed by atoms with Crippen molar-refractivity contribution in [3.63, 3.8) is 0 Å². The number of aliphatic hydroxyl groups is 1. The molecule has 0 bridgehead atoms. The van der Waals surface area contributed by atoms with Gasteiger partial charge < -0.3 is 24.8 Å². The second kappa shape index (κ2) is 5.79. The normalized spacial score (nSPS) is 19.0. The maximum atomic E-state index is 11.8. The second-order valence-corrected chi connectivity index (χ2v) is 4.22. The third-order valence-electron chi connectivity index (χ3n) is 3.20. The number of methoxy groups -OCH3 is 2. The summed E-state index contributed by atoms with van der Waals surface area (Å²) >= 11 is 0. The predicted molar refractivity (Wildman–Crippen MR) is 70.8 cm³/mol. The van der Waals surface area contributed by atoms with Gasteiger partial charge in [0.15, 0.2) is 0 Å². The SMILES string of the molecule is COc1ccc(OC)c(N2CCNC(=O)C2CO)c1. The molecule has 1 aliphatic rings. The van der Waals surface area contributed by atoms with Crippen LogP contribution in [-0.4, -0.2) is 51.0 Å². The monoisotopic (exact) mass is 266 g/mol. The highest BCUT2D eigenvalue weighted by atomic mass is 16.5. The zero-order valence-corrected chi connectivity index (χ0v) is 11.0. The van der Waals surface area contributed by atoms with E-state index in [-0.39, 0.29) is 12.5 Å². The number of rotatable bonds is 4. The number of carbonyl (C=O) groups excluding carboxylic acids is 1. The van der Waals surface area contributed by atoms with E-state index in [1.807, 2.05) is 4.90 Å². The van der Waals surface area contributed by atoms with Crippen molar-refractivity contribution < 1.29 is 19.4 Å². The quantitative estimate of drug-likeness (QED) is 0.803. The summed E-state index contributed by atoms with van der Waals surface area (Å²) in [4.78, 5) is 13.6. The Hall–Kier alpha value is -1.95. The van der Waals surface area contributed by atoms with Crippen LogP contribution in [0.15, 0.2) is 18.2 Å². The molecule has 1 aliphatic heterocycles. The second-order valence-electron chi connectivity index (χ2n) is 4.22. The minimum atomic E-state index is -0.602. The van der Waals surface area contributed by atoms with Crippen molar-refractivity contribution >= 4 is 11.6 Å². The number of amides is 1.